The van der Waals surface area contributed by atoms with Gasteiger partial charge >= 0.3 is 6.09 Å². The third-order valence-corrected chi connectivity index (χ3v) is 4.89. The van der Waals surface area contributed by atoms with Gasteiger partial charge in [-0.05, 0) is 32.2 Å². The van der Waals surface area contributed by atoms with Crippen LogP contribution in [0.4, 0.5) is 4.79 Å². The third kappa shape index (κ3) is 5.14. The summed E-state index contributed by atoms with van der Waals surface area (Å²) in [7, 11) is 0. The van der Waals surface area contributed by atoms with Crippen LogP contribution in [0.15, 0.2) is 12.4 Å². The second-order valence-corrected chi connectivity index (χ2v) is 8.00. The molecule has 7 nitrogen and oxygen atoms in total. The molecule has 0 aromatic carbocycles. The van der Waals surface area contributed by atoms with Crippen LogP contribution < -0.4 is 5.32 Å². The van der Waals surface area contributed by atoms with Crippen molar-refractivity contribution in [2.24, 2.45) is 5.92 Å². The Morgan fingerprint density at radius 3 is 3.12 bits per heavy atom. The molecular formula is C19H30N4O3. The molecule has 2 aliphatic heterocycles. The first-order valence-electron chi connectivity index (χ1n) is 9.51. The number of aromatic nitrogens is 2. The Morgan fingerprint density at radius 1 is 1.50 bits per heavy atom. The molecule has 2 atom stereocenters. The Hall–Kier alpha value is -1.73. The number of alkyl carbamates (subject to hydrolysis) is 1. The van der Waals surface area contributed by atoms with E-state index in [1.165, 1.54) is 0 Å². The second-order valence-electron chi connectivity index (χ2n) is 8.00. The fraction of sp³-hybridized carbons (Fsp3) is 0.737. The van der Waals surface area contributed by atoms with Gasteiger partial charge < -0.3 is 14.8 Å². The van der Waals surface area contributed by atoms with Crippen LogP contribution in [0.1, 0.15) is 44.5 Å². The maximum atomic E-state index is 11.9. The molecule has 1 amide bonds. The summed E-state index contributed by atoms with van der Waals surface area (Å²) in [6, 6.07) is 0.0216. The van der Waals surface area contributed by atoms with Crippen molar-refractivity contribution in [2.75, 3.05) is 26.3 Å². The summed E-state index contributed by atoms with van der Waals surface area (Å²) in [4.78, 5) is 23.1. The van der Waals surface area contributed by atoms with Crippen LogP contribution in [0.25, 0.3) is 0 Å². The Kier molecular flexibility index (Phi) is 6.09. The summed E-state index contributed by atoms with van der Waals surface area (Å²) < 4.78 is 11.4. The van der Waals surface area contributed by atoms with E-state index in [0.717, 1.165) is 50.3 Å². The van der Waals surface area contributed by atoms with Gasteiger partial charge in [-0.25, -0.2) is 4.79 Å². The number of ether oxygens (including phenoxy) is 2. The fourth-order valence-electron chi connectivity index (χ4n) is 3.82. The van der Waals surface area contributed by atoms with Crippen LogP contribution in [-0.4, -0.2) is 58.9 Å². The van der Waals surface area contributed by atoms with Gasteiger partial charge in [0.2, 0.25) is 0 Å². The molecule has 0 radical (unpaired) electrons. The van der Waals surface area contributed by atoms with Crippen LogP contribution in [0.5, 0.6) is 0 Å². The summed E-state index contributed by atoms with van der Waals surface area (Å²) in [6.07, 6.45) is 6.22. The van der Waals surface area contributed by atoms with Gasteiger partial charge in [0.25, 0.3) is 0 Å². The lowest BCUT2D eigenvalue weighted by Gasteiger charge is -2.39. The van der Waals surface area contributed by atoms with Crippen LogP contribution in [0, 0.1) is 12.8 Å². The van der Waals surface area contributed by atoms with Crippen molar-refractivity contribution in [3.63, 3.8) is 0 Å². The highest BCUT2D eigenvalue weighted by Crippen LogP contribution is 2.35. The number of hydrogen-bond donors (Lipinski definition) is 1. The number of aryl methyl sites for hydroxylation is 1. The summed E-state index contributed by atoms with van der Waals surface area (Å²) >= 11 is 0. The molecule has 1 aromatic heterocycles. The zero-order valence-electron chi connectivity index (χ0n) is 16.0. The minimum Gasteiger partial charge on any atom is -0.449 e. The first-order chi connectivity index (χ1) is 12.4. The molecule has 2 saturated heterocycles. The molecule has 0 bridgehead atoms. The largest absolute Gasteiger partial charge is 0.449 e. The van der Waals surface area contributed by atoms with Crippen molar-refractivity contribution in [3.05, 3.63) is 23.8 Å². The lowest BCUT2D eigenvalue weighted by Crippen LogP contribution is -2.48. The normalized spacial score (nSPS) is 26.4. The molecule has 1 aromatic rings. The smallest absolute Gasteiger partial charge is 0.407 e. The first-order valence-corrected chi connectivity index (χ1v) is 9.51. The van der Waals surface area contributed by atoms with Crippen LogP contribution in [0.2, 0.25) is 0 Å². The molecule has 2 fully saturated rings. The number of rotatable bonds is 5. The maximum absolute atomic E-state index is 11.9. The minimum atomic E-state index is -0.341. The number of piperidine rings is 1. The summed E-state index contributed by atoms with van der Waals surface area (Å²) in [5.41, 5.74) is 1.76. The van der Waals surface area contributed by atoms with Crippen molar-refractivity contribution in [1.29, 1.82) is 0 Å². The van der Waals surface area contributed by atoms with E-state index in [0.29, 0.717) is 19.1 Å². The zero-order valence-corrected chi connectivity index (χ0v) is 16.0. The molecule has 0 saturated carbocycles. The van der Waals surface area contributed by atoms with Gasteiger partial charge in [0.05, 0.1) is 36.2 Å². The van der Waals surface area contributed by atoms with E-state index in [1.807, 2.05) is 27.0 Å². The Labute approximate surface area is 155 Å². The van der Waals surface area contributed by atoms with Gasteiger partial charge in [0, 0.05) is 31.9 Å². The second kappa shape index (κ2) is 8.31. The van der Waals surface area contributed by atoms with E-state index in [1.54, 1.807) is 6.20 Å². The molecular weight excluding hydrogens is 332 g/mol. The SMILES string of the molecule is Cc1cncc(CN2CCC[C@@]3(C[C@H](NC(=O)OCC(C)C)CO3)C2)n1. The predicted octanol–water partition coefficient (Wildman–Crippen LogP) is 2.29. The summed E-state index contributed by atoms with van der Waals surface area (Å²) in [5.74, 6) is 0.337. The van der Waals surface area contributed by atoms with Crippen LogP contribution in [-0.2, 0) is 16.0 Å². The van der Waals surface area contributed by atoms with E-state index in [-0.39, 0.29) is 17.7 Å². The van der Waals surface area contributed by atoms with Crippen molar-refractivity contribution >= 4 is 6.09 Å². The number of amides is 1. The maximum Gasteiger partial charge on any atom is 0.407 e. The predicted molar refractivity (Wildman–Crippen MR) is 97.7 cm³/mol. The standard InChI is InChI=1S/C19H30N4O3/c1-14(2)11-25-18(24)22-16-7-19(26-12-16)5-4-6-23(13-19)10-17-9-20-8-15(3)21-17/h8-9,14,16H,4-7,10-13H2,1-3H3,(H,22,24)/t16-,19+/m0/s1. The Bertz CT molecular complexity index is 625. The quantitative estimate of drug-likeness (QED) is 0.866. The first kappa shape index (κ1) is 19.0. The van der Waals surface area contributed by atoms with Gasteiger partial charge in [0.1, 0.15) is 0 Å². The van der Waals surface area contributed by atoms with E-state index >= 15 is 0 Å². The van der Waals surface area contributed by atoms with E-state index in [4.69, 9.17) is 9.47 Å². The van der Waals surface area contributed by atoms with Crippen LogP contribution in [0.3, 0.4) is 0 Å². The monoisotopic (exact) mass is 362 g/mol. The highest BCUT2D eigenvalue weighted by atomic mass is 16.6. The van der Waals surface area contributed by atoms with Gasteiger partial charge in [-0.2, -0.15) is 0 Å². The van der Waals surface area contributed by atoms with Gasteiger partial charge in [0.15, 0.2) is 0 Å². The third-order valence-electron chi connectivity index (χ3n) is 4.89. The molecule has 26 heavy (non-hydrogen) atoms. The highest BCUT2D eigenvalue weighted by Gasteiger charge is 2.44. The molecule has 1 spiro atoms. The summed E-state index contributed by atoms with van der Waals surface area (Å²) in [6.45, 7) is 9.69. The number of nitrogens with zero attached hydrogens (tertiary/aromatic N) is 3. The highest BCUT2D eigenvalue weighted by molar-refractivity contribution is 5.67. The molecule has 144 valence electrons. The van der Waals surface area contributed by atoms with Crippen molar-refractivity contribution in [2.45, 2.75) is 58.2 Å². The Morgan fingerprint density at radius 2 is 2.35 bits per heavy atom. The average Bonchev–Trinajstić information content (AvgIpc) is 2.95. The number of hydrogen-bond acceptors (Lipinski definition) is 6. The van der Waals surface area contributed by atoms with Gasteiger partial charge in [-0.3, -0.25) is 14.9 Å². The van der Waals surface area contributed by atoms with Gasteiger partial charge in [-0.15, -0.1) is 0 Å². The minimum absolute atomic E-state index is 0.0216. The van der Waals surface area contributed by atoms with Crippen molar-refractivity contribution < 1.29 is 14.3 Å². The average molecular weight is 362 g/mol. The van der Waals surface area contributed by atoms with Gasteiger partial charge in [-0.1, -0.05) is 13.8 Å². The molecule has 1 N–H and O–H groups in total. The Balaban J connectivity index is 1.51. The number of likely N-dealkylation sites (tertiary alicyclic amines) is 1. The lowest BCUT2D eigenvalue weighted by molar-refractivity contribution is -0.0536. The van der Waals surface area contributed by atoms with Crippen molar-refractivity contribution in [3.8, 4) is 0 Å². The molecule has 3 heterocycles. The fourth-order valence-corrected chi connectivity index (χ4v) is 3.82. The molecule has 0 aliphatic carbocycles. The number of nitrogens with one attached hydrogen (secondary N) is 1. The summed E-state index contributed by atoms with van der Waals surface area (Å²) in [5, 5.41) is 2.95. The van der Waals surface area contributed by atoms with Crippen molar-refractivity contribution in [1.82, 2.24) is 20.2 Å². The van der Waals surface area contributed by atoms with E-state index in [9.17, 15) is 4.79 Å². The molecule has 3 rings (SSSR count). The zero-order chi connectivity index (χ0) is 18.6. The molecule has 0 unspecified atom stereocenters. The number of carbonyl (C=O) groups is 1. The lowest BCUT2D eigenvalue weighted by atomic mass is 9.88. The van der Waals surface area contributed by atoms with E-state index < -0.39 is 0 Å². The van der Waals surface area contributed by atoms with Crippen LogP contribution >= 0.6 is 0 Å². The topological polar surface area (TPSA) is 76.6 Å². The van der Waals surface area contributed by atoms with E-state index in [2.05, 4.69) is 20.2 Å². The molecule has 2 aliphatic rings. The number of carbonyl (C=O) groups excluding carboxylic acids is 1. The molecule has 7 heteroatoms.